The van der Waals surface area contributed by atoms with Crippen LogP contribution in [0.2, 0.25) is 0 Å². The van der Waals surface area contributed by atoms with Crippen LogP contribution < -0.4 is 14.8 Å². The molecule has 0 bridgehead atoms. The lowest BCUT2D eigenvalue weighted by atomic mass is 9.82. The number of rotatable bonds is 7. The minimum atomic E-state index is -0.289. The standard InChI is InChI=1S/C22H28FNO3/c1-22(2,3)21(15-6-9-17(23)10-7-15)24-20(25)13-8-16-14-18(26-4)11-12-19(16)27-5/h6-7,9-12,14,21H,8,13H2,1-5H3,(H,24,25). The van der Waals surface area contributed by atoms with E-state index in [-0.39, 0.29) is 23.2 Å². The van der Waals surface area contributed by atoms with Crippen molar-refractivity contribution < 1.29 is 18.7 Å². The summed E-state index contributed by atoms with van der Waals surface area (Å²) in [5.41, 5.74) is 1.60. The molecular formula is C22H28FNO3. The van der Waals surface area contributed by atoms with Crippen LogP contribution in [0.15, 0.2) is 42.5 Å². The molecule has 0 aromatic heterocycles. The molecule has 2 aromatic carbocycles. The third-order valence-corrected chi connectivity index (χ3v) is 4.48. The number of aryl methyl sites for hydroxylation is 1. The van der Waals surface area contributed by atoms with Gasteiger partial charge in [-0.1, -0.05) is 32.9 Å². The SMILES string of the molecule is COc1ccc(OC)c(CCC(=O)NC(c2ccc(F)cc2)C(C)(C)C)c1. The van der Waals surface area contributed by atoms with Crippen molar-refractivity contribution in [1.82, 2.24) is 5.32 Å². The van der Waals surface area contributed by atoms with Gasteiger partial charge in [0.25, 0.3) is 0 Å². The van der Waals surface area contributed by atoms with Gasteiger partial charge in [-0.3, -0.25) is 4.79 Å². The molecule has 0 saturated carbocycles. The largest absolute Gasteiger partial charge is 0.497 e. The van der Waals surface area contributed by atoms with Gasteiger partial charge >= 0.3 is 0 Å². The quantitative estimate of drug-likeness (QED) is 0.767. The van der Waals surface area contributed by atoms with Gasteiger partial charge in [0.1, 0.15) is 17.3 Å². The monoisotopic (exact) mass is 373 g/mol. The molecular weight excluding hydrogens is 345 g/mol. The lowest BCUT2D eigenvalue weighted by molar-refractivity contribution is -0.122. The Bertz CT molecular complexity index is 766. The molecule has 1 unspecified atom stereocenters. The molecule has 1 amide bonds. The number of carbonyl (C=O) groups is 1. The molecule has 0 fully saturated rings. The van der Waals surface area contributed by atoms with E-state index in [9.17, 15) is 9.18 Å². The number of methoxy groups -OCH3 is 2. The van der Waals surface area contributed by atoms with Crippen LogP contribution in [-0.4, -0.2) is 20.1 Å². The Morgan fingerprint density at radius 3 is 2.30 bits per heavy atom. The van der Waals surface area contributed by atoms with Crippen molar-refractivity contribution in [3.8, 4) is 11.5 Å². The molecule has 0 heterocycles. The minimum Gasteiger partial charge on any atom is -0.497 e. The minimum absolute atomic E-state index is 0.0656. The predicted molar refractivity (Wildman–Crippen MR) is 105 cm³/mol. The van der Waals surface area contributed by atoms with Crippen molar-refractivity contribution >= 4 is 5.91 Å². The van der Waals surface area contributed by atoms with E-state index in [0.717, 1.165) is 22.6 Å². The molecule has 4 nitrogen and oxygen atoms in total. The Labute approximate surface area is 160 Å². The highest BCUT2D eigenvalue weighted by Crippen LogP contribution is 2.33. The molecule has 0 aliphatic heterocycles. The lowest BCUT2D eigenvalue weighted by Crippen LogP contribution is -2.36. The molecule has 2 rings (SSSR count). The molecule has 2 aromatic rings. The Kier molecular flexibility index (Phi) is 6.83. The first-order valence-corrected chi connectivity index (χ1v) is 9.00. The maximum Gasteiger partial charge on any atom is 0.220 e. The normalized spacial score (nSPS) is 12.4. The highest BCUT2D eigenvalue weighted by molar-refractivity contribution is 5.77. The topological polar surface area (TPSA) is 47.6 Å². The Balaban J connectivity index is 2.09. The maximum atomic E-state index is 13.2. The molecule has 0 saturated heterocycles. The van der Waals surface area contributed by atoms with Gasteiger partial charge in [-0.15, -0.1) is 0 Å². The van der Waals surface area contributed by atoms with Gasteiger partial charge in [0.2, 0.25) is 5.91 Å². The number of halogens is 1. The number of amides is 1. The molecule has 0 spiro atoms. The van der Waals surface area contributed by atoms with E-state index in [1.165, 1.54) is 12.1 Å². The van der Waals surface area contributed by atoms with E-state index in [1.54, 1.807) is 26.4 Å². The van der Waals surface area contributed by atoms with Crippen molar-refractivity contribution in [2.45, 2.75) is 39.7 Å². The third-order valence-electron chi connectivity index (χ3n) is 4.48. The highest BCUT2D eigenvalue weighted by atomic mass is 19.1. The van der Waals surface area contributed by atoms with Gasteiger partial charge in [0.15, 0.2) is 0 Å². The van der Waals surface area contributed by atoms with E-state index in [0.29, 0.717) is 12.8 Å². The lowest BCUT2D eigenvalue weighted by Gasteiger charge is -2.32. The summed E-state index contributed by atoms with van der Waals surface area (Å²) >= 11 is 0. The summed E-state index contributed by atoms with van der Waals surface area (Å²) in [6.45, 7) is 6.14. The van der Waals surface area contributed by atoms with Crippen LogP contribution in [0.3, 0.4) is 0 Å². The number of carbonyl (C=O) groups excluding carboxylic acids is 1. The van der Waals surface area contributed by atoms with Crippen LogP contribution in [0.1, 0.15) is 44.4 Å². The van der Waals surface area contributed by atoms with E-state index in [1.807, 2.05) is 39.0 Å². The van der Waals surface area contributed by atoms with Gasteiger partial charge < -0.3 is 14.8 Å². The predicted octanol–water partition coefficient (Wildman–Crippen LogP) is 4.68. The van der Waals surface area contributed by atoms with E-state index < -0.39 is 0 Å². The van der Waals surface area contributed by atoms with Crippen LogP contribution in [0.25, 0.3) is 0 Å². The number of benzene rings is 2. The van der Waals surface area contributed by atoms with Gasteiger partial charge in [0.05, 0.1) is 20.3 Å². The maximum absolute atomic E-state index is 13.2. The molecule has 0 aliphatic carbocycles. The van der Waals surface area contributed by atoms with Gasteiger partial charge in [-0.25, -0.2) is 4.39 Å². The zero-order valence-electron chi connectivity index (χ0n) is 16.6. The van der Waals surface area contributed by atoms with E-state index >= 15 is 0 Å². The average molecular weight is 373 g/mol. The molecule has 1 atom stereocenters. The Hall–Kier alpha value is -2.56. The molecule has 0 aliphatic rings. The summed E-state index contributed by atoms with van der Waals surface area (Å²) in [6, 6.07) is 11.6. The van der Waals surface area contributed by atoms with Crippen molar-refractivity contribution in [2.24, 2.45) is 5.41 Å². The van der Waals surface area contributed by atoms with Crippen LogP contribution in [0, 0.1) is 11.2 Å². The fourth-order valence-corrected chi connectivity index (χ4v) is 3.01. The van der Waals surface area contributed by atoms with Crippen LogP contribution >= 0.6 is 0 Å². The first-order valence-electron chi connectivity index (χ1n) is 9.00. The smallest absolute Gasteiger partial charge is 0.220 e. The number of nitrogens with one attached hydrogen (secondary N) is 1. The summed E-state index contributed by atoms with van der Waals surface area (Å²) in [5, 5.41) is 3.10. The third kappa shape index (κ3) is 5.71. The molecule has 0 radical (unpaired) electrons. The second-order valence-electron chi connectivity index (χ2n) is 7.60. The zero-order chi connectivity index (χ0) is 20.0. The van der Waals surface area contributed by atoms with Crippen LogP contribution in [-0.2, 0) is 11.2 Å². The van der Waals surface area contributed by atoms with E-state index in [4.69, 9.17) is 9.47 Å². The van der Waals surface area contributed by atoms with Crippen molar-refractivity contribution in [3.05, 3.63) is 59.4 Å². The van der Waals surface area contributed by atoms with Gasteiger partial charge in [-0.2, -0.15) is 0 Å². The summed E-state index contributed by atoms with van der Waals surface area (Å²) < 4.78 is 23.9. The first-order chi connectivity index (χ1) is 12.7. The number of hydrogen-bond donors (Lipinski definition) is 1. The fraction of sp³-hybridized carbons (Fsp3) is 0.409. The second kappa shape index (κ2) is 8.89. The Morgan fingerprint density at radius 2 is 1.74 bits per heavy atom. The van der Waals surface area contributed by atoms with Crippen LogP contribution in [0.4, 0.5) is 4.39 Å². The van der Waals surface area contributed by atoms with Gasteiger partial charge in [-0.05, 0) is 53.3 Å². The second-order valence-corrected chi connectivity index (χ2v) is 7.60. The summed E-state index contributed by atoms with van der Waals surface area (Å²) in [5.74, 6) is 1.10. The molecule has 27 heavy (non-hydrogen) atoms. The van der Waals surface area contributed by atoms with Crippen molar-refractivity contribution in [3.63, 3.8) is 0 Å². The summed E-state index contributed by atoms with van der Waals surface area (Å²) in [7, 11) is 3.21. The van der Waals surface area contributed by atoms with E-state index in [2.05, 4.69) is 5.32 Å². The molecule has 146 valence electrons. The zero-order valence-corrected chi connectivity index (χ0v) is 16.6. The average Bonchev–Trinajstić information content (AvgIpc) is 2.64. The molecule has 1 N–H and O–H groups in total. The number of hydrogen-bond acceptors (Lipinski definition) is 3. The van der Waals surface area contributed by atoms with Crippen LogP contribution in [0.5, 0.6) is 11.5 Å². The van der Waals surface area contributed by atoms with Crippen molar-refractivity contribution in [1.29, 1.82) is 0 Å². The van der Waals surface area contributed by atoms with Gasteiger partial charge in [0, 0.05) is 6.42 Å². The summed E-state index contributed by atoms with van der Waals surface area (Å²) in [4.78, 5) is 12.6. The van der Waals surface area contributed by atoms with Crippen molar-refractivity contribution in [2.75, 3.05) is 14.2 Å². The number of ether oxygens (including phenoxy) is 2. The highest BCUT2D eigenvalue weighted by Gasteiger charge is 2.27. The fourth-order valence-electron chi connectivity index (χ4n) is 3.01. The summed E-state index contributed by atoms with van der Waals surface area (Å²) in [6.07, 6.45) is 0.851. The first kappa shape index (κ1) is 20.7. The molecule has 5 heteroatoms. The Morgan fingerprint density at radius 1 is 1.07 bits per heavy atom.